The maximum atomic E-state index is 10.5. The number of hydrogen-bond donors (Lipinski definition) is 1. The molecular formula is C10H11N3O2. The highest BCUT2D eigenvalue weighted by Gasteiger charge is 2.04. The molecule has 0 aromatic carbocycles. The van der Waals surface area contributed by atoms with Gasteiger partial charge in [-0.2, -0.15) is 5.10 Å². The minimum Gasteiger partial charge on any atom is -0.481 e. The van der Waals surface area contributed by atoms with Gasteiger partial charge in [-0.1, -0.05) is 6.92 Å². The van der Waals surface area contributed by atoms with E-state index in [9.17, 15) is 4.79 Å². The van der Waals surface area contributed by atoms with E-state index in [1.54, 1.807) is 22.8 Å². The van der Waals surface area contributed by atoms with E-state index in [0.29, 0.717) is 5.65 Å². The molecule has 0 saturated heterocycles. The van der Waals surface area contributed by atoms with E-state index in [-0.39, 0.29) is 6.42 Å². The Morgan fingerprint density at radius 1 is 1.60 bits per heavy atom. The van der Waals surface area contributed by atoms with Crippen molar-refractivity contribution >= 4 is 11.6 Å². The number of rotatable bonds is 3. The maximum absolute atomic E-state index is 10.5. The summed E-state index contributed by atoms with van der Waals surface area (Å²) < 4.78 is 1.66. The van der Waals surface area contributed by atoms with Crippen LogP contribution in [0.15, 0.2) is 18.3 Å². The first kappa shape index (κ1) is 9.64. The van der Waals surface area contributed by atoms with Crippen molar-refractivity contribution in [3.05, 3.63) is 29.7 Å². The van der Waals surface area contributed by atoms with Crippen molar-refractivity contribution in [1.82, 2.24) is 14.6 Å². The summed E-state index contributed by atoms with van der Waals surface area (Å²) in [6, 6.07) is 3.50. The lowest BCUT2D eigenvalue weighted by molar-refractivity contribution is -0.136. The minimum absolute atomic E-state index is 0.0187. The average molecular weight is 205 g/mol. The summed E-state index contributed by atoms with van der Waals surface area (Å²) in [5.74, 6) is -0.0722. The Morgan fingerprint density at radius 2 is 2.40 bits per heavy atom. The van der Waals surface area contributed by atoms with Gasteiger partial charge in [0.25, 0.3) is 0 Å². The van der Waals surface area contributed by atoms with Gasteiger partial charge in [0, 0.05) is 12.6 Å². The number of pyridine rings is 1. The number of aliphatic carboxylic acids is 1. The molecule has 0 radical (unpaired) electrons. The summed E-state index contributed by atoms with van der Waals surface area (Å²) >= 11 is 0. The molecule has 0 fully saturated rings. The zero-order chi connectivity index (χ0) is 10.8. The van der Waals surface area contributed by atoms with Gasteiger partial charge in [-0.05, 0) is 17.7 Å². The lowest BCUT2D eigenvalue weighted by Gasteiger charge is -1.96. The van der Waals surface area contributed by atoms with Crippen LogP contribution in [0, 0.1) is 0 Å². The normalized spacial score (nSPS) is 10.7. The molecule has 78 valence electrons. The molecule has 0 unspecified atom stereocenters. The second-order valence-electron chi connectivity index (χ2n) is 3.29. The Bertz CT molecular complexity index is 504. The fraction of sp³-hybridized carbons (Fsp3) is 0.300. The Labute approximate surface area is 86.4 Å². The van der Waals surface area contributed by atoms with Gasteiger partial charge in [0.1, 0.15) is 0 Å². The number of aryl methyl sites for hydroxylation is 1. The van der Waals surface area contributed by atoms with Crippen molar-refractivity contribution in [2.45, 2.75) is 19.8 Å². The molecule has 2 heterocycles. The highest BCUT2D eigenvalue weighted by Crippen LogP contribution is 2.06. The van der Waals surface area contributed by atoms with Crippen LogP contribution in [-0.2, 0) is 17.6 Å². The van der Waals surface area contributed by atoms with Crippen molar-refractivity contribution in [3.8, 4) is 0 Å². The first-order valence-electron chi connectivity index (χ1n) is 4.75. The molecule has 0 aliphatic rings. The van der Waals surface area contributed by atoms with Gasteiger partial charge < -0.3 is 5.11 Å². The van der Waals surface area contributed by atoms with E-state index >= 15 is 0 Å². The highest BCUT2D eigenvalue weighted by molar-refractivity contribution is 5.70. The molecule has 1 N–H and O–H groups in total. The lowest BCUT2D eigenvalue weighted by Crippen LogP contribution is -2.00. The topological polar surface area (TPSA) is 67.5 Å². The van der Waals surface area contributed by atoms with Crippen LogP contribution in [-0.4, -0.2) is 25.7 Å². The summed E-state index contributed by atoms with van der Waals surface area (Å²) in [7, 11) is 0. The van der Waals surface area contributed by atoms with Crippen LogP contribution in [0.2, 0.25) is 0 Å². The van der Waals surface area contributed by atoms with Gasteiger partial charge >= 0.3 is 5.97 Å². The van der Waals surface area contributed by atoms with Crippen LogP contribution in [0.1, 0.15) is 18.3 Å². The van der Waals surface area contributed by atoms with Crippen molar-refractivity contribution in [2.75, 3.05) is 0 Å². The average Bonchev–Trinajstić information content (AvgIpc) is 2.58. The lowest BCUT2D eigenvalue weighted by atomic mass is 10.2. The maximum Gasteiger partial charge on any atom is 0.307 e. The molecule has 0 saturated carbocycles. The minimum atomic E-state index is -0.838. The number of nitrogens with zero attached hydrogens (tertiary/aromatic N) is 3. The van der Waals surface area contributed by atoms with Gasteiger partial charge in [-0.3, -0.25) is 4.79 Å². The second-order valence-corrected chi connectivity index (χ2v) is 3.29. The molecule has 0 atom stereocenters. The van der Waals surface area contributed by atoms with Crippen molar-refractivity contribution in [2.24, 2.45) is 0 Å². The SMILES string of the molecule is CCc1nc2cc(CC(=O)O)ccn2n1. The van der Waals surface area contributed by atoms with Crippen LogP contribution < -0.4 is 0 Å². The predicted molar refractivity (Wildman–Crippen MR) is 53.7 cm³/mol. The molecule has 0 bridgehead atoms. The molecule has 2 aromatic heterocycles. The third-order valence-electron chi connectivity index (χ3n) is 2.12. The van der Waals surface area contributed by atoms with Gasteiger partial charge in [0.05, 0.1) is 6.42 Å². The quantitative estimate of drug-likeness (QED) is 0.809. The first-order valence-corrected chi connectivity index (χ1v) is 4.75. The molecule has 5 nitrogen and oxygen atoms in total. The number of carboxylic acids is 1. The molecule has 2 aromatic rings. The molecule has 0 aliphatic carbocycles. The fourth-order valence-electron chi connectivity index (χ4n) is 1.40. The largest absolute Gasteiger partial charge is 0.481 e. The molecule has 15 heavy (non-hydrogen) atoms. The zero-order valence-electron chi connectivity index (χ0n) is 8.34. The van der Waals surface area contributed by atoms with Crippen LogP contribution >= 0.6 is 0 Å². The third kappa shape index (κ3) is 1.96. The summed E-state index contributed by atoms with van der Waals surface area (Å²) in [5, 5.41) is 12.9. The van der Waals surface area contributed by atoms with Gasteiger partial charge in [-0.25, -0.2) is 9.50 Å². The number of fused-ring (bicyclic) bond motifs is 1. The molecule has 0 aliphatic heterocycles. The van der Waals surface area contributed by atoms with E-state index in [1.165, 1.54) is 0 Å². The second kappa shape index (κ2) is 3.68. The Balaban J connectivity index is 2.41. The Kier molecular flexibility index (Phi) is 2.37. The van der Waals surface area contributed by atoms with Gasteiger partial charge in [0.2, 0.25) is 0 Å². The summed E-state index contributed by atoms with van der Waals surface area (Å²) in [4.78, 5) is 14.8. The molecule has 5 heteroatoms. The standard InChI is InChI=1S/C10H11N3O2/c1-2-8-11-9-5-7(6-10(14)15)3-4-13(9)12-8/h3-5H,2,6H2,1H3,(H,14,15). The van der Waals surface area contributed by atoms with E-state index in [2.05, 4.69) is 10.1 Å². The van der Waals surface area contributed by atoms with Crippen molar-refractivity contribution in [3.63, 3.8) is 0 Å². The summed E-state index contributed by atoms with van der Waals surface area (Å²) in [6.45, 7) is 1.98. The van der Waals surface area contributed by atoms with Crippen molar-refractivity contribution in [1.29, 1.82) is 0 Å². The third-order valence-corrected chi connectivity index (χ3v) is 2.12. The van der Waals surface area contributed by atoms with E-state index in [0.717, 1.165) is 17.8 Å². The van der Waals surface area contributed by atoms with Gasteiger partial charge in [-0.15, -0.1) is 0 Å². The number of carbonyl (C=O) groups is 1. The number of carboxylic acid groups (broad SMARTS) is 1. The Morgan fingerprint density at radius 3 is 3.07 bits per heavy atom. The van der Waals surface area contributed by atoms with E-state index in [4.69, 9.17) is 5.11 Å². The molecule has 2 rings (SSSR count). The van der Waals surface area contributed by atoms with E-state index < -0.39 is 5.97 Å². The summed E-state index contributed by atoms with van der Waals surface area (Å²) in [6.07, 6.45) is 2.53. The molecule has 0 amide bonds. The molecular weight excluding hydrogens is 194 g/mol. The zero-order valence-corrected chi connectivity index (χ0v) is 8.34. The highest BCUT2D eigenvalue weighted by atomic mass is 16.4. The first-order chi connectivity index (χ1) is 7.19. The number of aromatic nitrogens is 3. The van der Waals surface area contributed by atoms with Crippen LogP contribution in [0.4, 0.5) is 0 Å². The Hall–Kier alpha value is -1.91. The predicted octanol–water partition coefficient (Wildman–Crippen LogP) is 0.919. The van der Waals surface area contributed by atoms with Crippen LogP contribution in [0.25, 0.3) is 5.65 Å². The smallest absolute Gasteiger partial charge is 0.307 e. The summed E-state index contributed by atoms with van der Waals surface area (Å²) in [5.41, 5.74) is 1.44. The number of hydrogen-bond acceptors (Lipinski definition) is 3. The van der Waals surface area contributed by atoms with Gasteiger partial charge in [0.15, 0.2) is 11.5 Å². The molecule has 0 spiro atoms. The van der Waals surface area contributed by atoms with Crippen molar-refractivity contribution < 1.29 is 9.90 Å². The van der Waals surface area contributed by atoms with E-state index in [1.807, 2.05) is 6.92 Å². The van der Waals surface area contributed by atoms with Crippen LogP contribution in [0.5, 0.6) is 0 Å². The monoisotopic (exact) mass is 205 g/mol. The fourth-order valence-corrected chi connectivity index (χ4v) is 1.40. The van der Waals surface area contributed by atoms with Crippen LogP contribution in [0.3, 0.4) is 0 Å².